The lowest BCUT2D eigenvalue weighted by atomic mass is 9.80. The van der Waals surface area contributed by atoms with Gasteiger partial charge in [-0.15, -0.1) is 0 Å². The van der Waals surface area contributed by atoms with E-state index in [1.165, 1.54) is 0 Å². The Kier molecular flexibility index (Phi) is 5.57. The molecule has 0 spiro atoms. The van der Waals surface area contributed by atoms with Gasteiger partial charge in [-0.1, -0.05) is 13.3 Å². The van der Waals surface area contributed by atoms with Crippen molar-refractivity contribution in [2.75, 3.05) is 36.9 Å². The summed E-state index contributed by atoms with van der Waals surface area (Å²) in [6.07, 6.45) is 4.56. The molecule has 1 amide bonds. The van der Waals surface area contributed by atoms with Crippen molar-refractivity contribution in [3.8, 4) is 6.07 Å². The molecule has 3 heterocycles. The lowest BCUT2D eigenvalue weighted by Crippen LogP contribution is -2.50. The van der Waals surface area contributed by atoms with Crippen LogP contribution < -0.4 is 16.0 Å². The Hall–Kier alpha value is -2.40. The van der Waals surface area contributed by atoms with Crippen LogP contribution >= 0.6 is 0 Å². The minimum atomic E-state index is -0.976. The molecule has 0 aromatic carbocycles. The monoisotopic (exact) mass is 358 g/mol. The number of nitriles is 1. The summed E-state index contributed by atoms with van der Waals surface area (Å²) in [7, 11) is 0. The van der Waals surface area contributed by atoms with Gasteiger partial charge < -0.3 is 20.7 Å². The molecule has 2 aliphatic rings. The molecule has 3 rings (SSSR count). The van der Waals surface area contributed by atoms with Crippen LogP contribution in [0.15, 0.2) is 12.3 Å². The molecule has 0 aliphatic carbocycles. The number of nitrogen functional groups attached to an aromatic ring is 1. The van der Waals surface area contributed by atoms with Crippen LogP contribution in [0.2, 0.25) is 0 Å². The van der Waals surface area contributed by atoms with E-state index in [1.807, 2.05) is 0 Å². The Morgan fingerprint density at radius 3 is 2.92 bits per heavy atom. The van der Waals surface area contributed by atoms with Gasteiger partial charge in [0.1, 0.15) is 11.2 Å². The van der Waals surface area contributed by atoms with Gasteiger partial charge in [-0.25, -0.2) is 4.98 Å². The van der Waals surface area contributed by atoms with E-state index in [-0.39, 0.29) is 11.9 Å². The quantitative estimate of drug-likeness (QED) is 0.809. The number of nitrogens with zero attached hydrogens (tertiary/aromatic N) is 4. The highest BCUT2D eigenvalue weighted by atomic mass is 16.5. The van der Waals surface area contributed by atoms with Gasteiger partial charge in [-0.3, -0.25) is 4.79 Å². The molecule has 0 saturated carbocycles. The fraction of sp³-hybridized carbons (Fsp3) is 0.667. The smallest absolute Gasteiger partial charge is 0.240 e. The number of ether oxygens (including phenoxy) is 1. The molecule has 8 nitrogen and oxygen atoms in total. The highest BCUT2D eigenvalue weighted by molar-refractivity contribution is 5.86. The lowest BCUT2D eigenvalue weighted by Gasteiger charge is -2.31. The van der Waals surface area contributed by atoms with Crippen LogP contribution in [0.1, 0.15) is 32.6 Å². The van der Waals surface area contributed by atoms with Crippen molar-refractivity contribution in [1.29, 1.82) is 5.26 Å². The average molecular weight is 358 g/mol. The number of amides is 1. The number of nitrogens with two attached hydrogens (primary N) is 1. The molecule has 1 aromatic rings. The summed E-state index contributed by atoms with van der Waals surface area (Å²) in [5.41, 5.74) is 4.80. The third-order valence-electron chi connectivity index (χ3n) is 5.36. The van der Waals surface area contributed by atoms with E-state index in [1.54, 1.807) is 12.3 Å². The largest absolute Gasteiger partial charge is 0.384 e. The molecule has 2 saturated heterocycles. The SMILES string of the molecule is CCC[C@H]1CN(c2nccc(N)n2)C[C@@H]1NC(=O)C1(C#N)CCOCC1. The molecule has 0 unspecified atom stereocenters. The van der Waals surface area contributed by atoms with Gasteiger partial charge in [0, 0.05) is 32.5 Å². The van der Waals surface area contributed by atoms with Crippen LogP contribution in [0, 0.1) is 22.7 Å². The first-order valence-electron chi connectivity index (χ1n) is 9.21. The first-order chi connectivity index (χ1) is 12.6. The van der Waals surface area contributed by atoms with Gasteiger partial charge in [0.15, 0.2) is 0 Å². The molecule has 8 heteroatoms. The summed E-state index contributed by atoms with van der Waals surface area (Å²) in [5.74, 6) is 1.14. The normalized spacial score (nSPS) is 24.8. The number of rotatable bonds is 5. The van der Waals surface area contributed by atoms with Crippen molar-refractivity contribution < 1.29 is 9.53 Å². The number of carbonyl (C=O) groups is 1. The maximum atomic E-state index is 12.9. The Bertz CT molecular complexity index is 683. The molecule has 3 N–H and O–H groups in total. The zero-order valence-corrected chi connectivity index (χ0v) is 15.1. The molecule has 26 heavy (non-hydrogen) atoms. The highest BCUT2D eigenvalue weighted by Crippen LogP contribution is 2.32. The van der Waals surface area contributed by atoms with Gasteiger partial charge in [-0.05, 0) is 31.2 Å². The number of anilines is 2. The summed E-state index contributed by atoms with van der Waals surface area (Å²) < 4.78 is 5.32. The molecular weight excluding hydrogens is 332 g/mol. The summed E-state index contributed by atoms with van der Waals surface area (Å²) in [6.45, 7) is 4.43. The summed E-state index contributed by atoms with van der Waals surface area (Å²) in [4.78, 5) is 23.6. The van der Waals surface area contributed by atoms with Crippen LogP contribution in [0.3, 0.4) is 0 Å². The van der Waals surface area contributed by atoms with E-state index < -0.39 is 5.41 Å². The Balaban J connectivity index is 1.73. The van der Waals surface area contributed by atoms with Gasteiger partial charge in [0.2, 0.25) is 11.9 Å². The first kappa shape index (κ1) is 18.4. The van der Waals surface area contributed by atoms with Crippen LogP contribution in [-0.2, 0) is 9.53 Å². The van der Waals surface area contributed by atoms with E-state index in [2.05, 4.69) is 33.2 Å². The highest BCUT2D eigenvalue weighted by Gasteiger charge is 2.43. The fourth-order valence-electron chi connectivity index (χ4n) is 3.79. The van der Waals surface area contributed by atoms with Gasteiger partial charge in [-0.2, -0.15) is 10.2 Å². The van der Waals surface area contributed by atoms with Crippen molar-refractivity contribution in [1.82, 2.24) is 15.3 Å². The van der Waals surface area contributed by atoms with Crippen LogP contribution in [-0.4, -0.2) is 48.2 Å². The van der Waals surface area contributed by atoms with E-state index in [0.717, 1.165) is 19.4 Å². The van der Waals surface area contributed by atoms with Gasteiger partial charge >= 0.3 is 0 Å². The molecular formula is C18H26N6O2. The zero-order valence-electron chi connectivity index (χ0n) is 15.1. The molecule has 140 valence electrons. The van der Waals surface area contributed by atoms with E-state index >= 15 is 0 Å². The van der Waals surface area contributed by atoms with E-state index in [9.17, 15) is 10.1 Å². The molecule has 2 atom stereocenters. The maximum absolute atomic E-state index is 12.9. The van der Waals surface area contributed by atoms with Crippen molar-refractivity contribution in [3.05, 3.63) is 12.3 Å². The fourth-order valence-corrected chi connectivity index (χ4v) is 3.79. The Morgan fingerprint density at radius 1 is 1.50 bits per heavy atom. The number of hydrogen-bond donors (Lipinski definition) is 2. The minimum Gasteiger partial charge on any atom is -0.384 e. The summed E-state index contributed by atoms with van der Waals surface area (Å²) in [5, 5.41) is 12.7. The number of aromatic nitrogens is 2. The van der Waals surface area contributed by atoms with Gasteiger partial charge in [0.05, 0.1) is 12.1 Å². The van der Waals surface area contributed by atoms with Crippen molar-refractivity contribution in [2.24, 2.45) is 11.3 Å². The molecule has 0 radical (unpaired) electrons. The number of carbonyl (C=O) groups excluding carboxylic acids is 1. The molecule has 2 aliphatic heterocycles. The second kappa shape index (κ2) is 7.87. The summed E-state index contributed by atoms with van der Waals surface area (Å²) in [6, 6.07) is 3.87. The average Bonchev–Trinajstić information content (AvgIpc) is 3.05. The predicted molar refractivity (Wildman–Crippen MR) is 97.1 cm³/mol. The van der Waals surface area contributed by atoms with E-state index in [4.69, 9.17) is 10.5 Å². The third-order valence-corrected chi connectivity index (χ3v) is 5.36. The van der Waals surface area contributed by atoms with Crippen molar-refractivity contribution >= 4 is 17.7 Å². The van der Waals surface area contributed by atoms with E-state index in [0.29, 0.717) is 50.3 Å². The standard InChI is InChI=1S/C18H26N6O2/c1-2-3-13-10-24(17-21-7-4-15(20)23-17)11-14(13)22-16(25)18(12-19)5-8-26-9-6-18/h4,7,13-14H,2-3,5-6,8-11H2,1H3,(H,22,25)(H2,20,21,23)/t13-,14-/m0/s1. The maximum Gasteiger partial charge on any atom is 0.240 e. The van der Waals surface area contributed by atoms with Crippen LogP contribution in [0.25, 0.3) is 0 Å². The van der Waals surface area contributed by atoms with Crippen molar-refractivity contribution in [2.45, 2.75) is 38.6 Å². The molecule has 0 bridgehead atoms. The Labute approximate surface area is 153 Å². The third kappa shape index (κ3) is 3.73. The second-order valence-electron chi connectivity index (χ2n) is 7.12. The number of nitrogens with one attached hydrogen (secondary N) is 1. The van der Waals surface area contributed by atoms with Crippen molar-refractivity contribution in [3.63, 3.8) is 0 Å². The molecule has 2 fully saturated rings. The number of hydrogen-bond acceptors (Lipinski definition) is 7. The lowest BCUT2D eigenvalue weighted by molar-refractivity contribution is -0.133. The first-order valence-corrected chi connectivity index (χ1v) is 9.21. The topological polar surface area (TPSA) is 117 Å². The van der Waals surface area contributed by atoms with Crippen LogP contribution in [0.4, 0.5) is 11.8 Å². The Morgan fingerprint density at radius 2 is 2.27 bits per heavy atom. The summed E-state index contributed by atoms with van der Waals surface area (Å²) >= 11 is 0. The van der Waals surface area contributed by atoms with Crippen LogP contribution in [0.5, 0.6) is 0 Å². The minimum absolute atomic E-state index is 0.0273. The van der Waals surface area contributed by atoms with Gasteiger partial charge in [0.25, 0.3) is 0 Å². The molecule has 1 aromatic heterocycles. The predicted octanol–water partition coefficient (Wildman–Crippen LogP) is 1.10. The second-order valence-corrected chi connectivity index (χ2v) is 7.12. The zero-order chi connectivity index (χ0) is 18.6.